The molecule has 1 aromatic carbocycles. The second-order valence-corrected chi connectivity index (χ2v) is 4.73. The van der Waals surface area contributed by atoms with Gasteiger partial charge < -0.3 is 14.6 Å². The van der Waals surface area contributed by atoms with Crippen LogP contribution in [-0.2, 0) is 6.54 Å². The first-order valence-electron chi connectivity index (χ1n) is 6.43. The van der Waals surface area contributed by atoms with Crippen molar-refractivity contribution in [2.75, 3.05) is 18.0 Å². The van der Waals surface area contributed by atoms with Crippen LogP contribution in [0, 0.1) is 0 Å². The normalized spacial score (nSPS) is 17.1. The summed E-state index contributed by atoms with van der Waals surface area (Å²) in [6.45, 7) is 5.21. The number of benzene rings is 1. The maximum Gasteiger partial charge on any atom is 0.0955 e. The number of anilines is 1. The minimum atomic E-state index is 0.338. The standard InChI is InChI=1S/C15H18N2O/c1-12(14-6-9-18-11-14)17-8-7-16-10-13-4-2-3-5-15(13)17/h2-6,9,11-12,16H,7-8,10H2,1H3. The molecule has 1 atom stereocenters. The first kappa shape index (κ1) is 11.4. The van der Waals surface area contributed by atoms with Crippen molar-refractivity contribution < 1.29 is 4.42 Å². The number of para-hydroxylation sites is 1. The lowest BCUT2D eigenvalue weighted by Crippen LogP contribution is -2.31. The van der Waals surface area contributed by atoms with Gasteiger partial charge in [0.25, 0.3) is 0 Å². The molecule has 3 rings (SSSR count). The molecule has 0 spiro atoms. The van der Waals surface area contributed by atoms with Crippen molar-refractivity contribution in [3.05, 3.63) is 54.0 Å². The topological polar surface area (TPSA) is 28.4 Å². The van der Waals surface area contributed by atoms with E-state index in [2.05, 4.69) is 41.4 Å². The Morgan fingerprint density at radius 3 is 3.00 bits per heavy atom. The van der Waals surface area contributed by atoms with Crippen molar-refractivity contribution in [3.8, 4) is 0 Å². The molecule has 1 N–H and O–H groups in total. The number of nitrogens with zero attached hydrogens (tertiary/aromatic N) is 1. The van der Waals surface area contributed by atoms with Gasteiger partial charge in [0.2, 0.25) is 0 Å². The monoisotopic (exact) mass is 242 g/mol. The number of hydrogen-bond donors (Lipinski definition) is 1. The summed E-state index contributed by atoms with van der Waals surface area (Å²) in [5.41, 5.74) is 3.92. The maximum atomic E-state index is 5.20. The van der Waals surface area contributed by atoms with Crippen LogP contribution in [0.4, 0.5) is 5.69 Å². The van der Waals surface area contributed by atoms with Gasteiger partial charge in [-0.25, -0.2) is 0 Å². The summed E-state index contributed by atoms with van der Waals surface area (Å²) >= 11 is 0. The van der Waals surface area contributed by atoms with E-state index in [4.69, 9.17) is 4.42 Å². The van der Waals surface area contributed by atoms with Gasteiger partial charge in [0, 0.05) is 30.9 Å². The van der Waals surface area contributed by atoms with Gasteiger partial charge in [0.05, 0.1) is 18.6 Å². The molecular weight excluding hydrogens is 224 g/mol. The van der Waals surface area contributed by atoms with E-state index < -0.39 is 0 Å². The van der Waals surface area contributed by atoms with Gasteiger partial charge in [-0.15, -0.1) is 0 Å². The lowest BCUT2D eigenvalue weighted by molar-refractivity contribution is 0.556. The van der Waals surface area contributed by atoms with E-state index in [9.17, 15) is 0 Å². The van der Waals surface area contributed by atoms with Crippen LogP contribution in [0.1, 0.15) is 24.1 Å². The molecule has 1 aromatic heterocycles. The summed E-state index contributed by atoms with van der Waals surface area (Å²) in [5.74, 6) is 0. The summed E-state index contributed by atoms with van der Waals surface area (Å²) in [4.78, 5) is 2.44. The molecule has 2 heterocycles. The van der Waals surface area contributed by atoms with Crippen LogP contribution in [0.15, 0.2) is 47.3 Å². The van der Waals surface area contributed by atoms with Crippen molar-refractivity contribution in [1.82, 2.24) is 5.32 Å². The summed E-state index contributed by atoms with van der Waals surface area (Å²) in [7, 11) is 0. The highest BCUT2D eigenvalue weighted by Gasteiger charge is 2.21. The predicted octanol–water partition coefficient (Wildman–Crippen LogP) is 2.95. The van der Waals surface area contributed by atoms with E-state index >= 15 is 0 Å². The molecule has 1 unspecified atom stereocenters. The number of furan rings is 1. The predicted molar refractivity (Wildman–Crippen MR) is 72.6 cm³/mol. The van der Waals surface area contributed by atoms with E-state index in [0.717, 1.165) is 19.6 Å². The average Bonchev–Trinajstić information content (AvgIpc) is 2.85. The quantitative estimate of drug-likeness (QED) is 0.877. The third-order valence-corrected chi connectivity index (χ3v) is 3.64. The third kappa shape index (κ3) is 2.02. The highest BCUT2D eigenvalue weighted by molar-refractivity contribution is 5.55. The molecule has 18 heavy (non-hydrogen) atoms. The first-order chi connectivity index (χ1) is 8.86. The highest BCUT2D eigenvalue weighted by Crippen LogP contribution is 2.30. The molecule has 1 aliphatic rings. The van der Waals surface area contributed by atoms with E-state index in [-0.39, 0.29) is 0 Å². The fourth-order valence-electron chi connectivity index (χ4n) is 2.58. The van der Waals surface area contributed by atoms with Crippen LogP contribution in [0.5, 0.6) is 0 Å². The number of nitrogens with one attached hydrogen (secondary N) is 1. The summed E-state index contributed by atoms with van der Waals surface area (Å²) in [5, 5.41) is 3.47. The molecule has 1 aliphatic heterocycles. The molecule has 0 bridgehead atoms. The van der Waals surface area contributed by atoms with Gasteiger partial charge in [-0.3, -0.25) is 0 Å². The van der Waals surface area contributed by atoms with Crippen molar-refractivity contribution in [2.24, 2.45) is 0 Å². The highest BCUT2D eigenvalue weighted by atomic mass is 16.3. The Morgan fingerprint density at radius 2 is 2.17 bits per heavy atom. The van der Waals surface area contributed by atoms with Crippen LogP contribution >= 0.6 is 0 Å². The Morgan fingerprint density at radius 1 is 1.28 bits per heavy atom. The minimum Gasteiger partial charge on any atom is -0.472 e. The van der Waals surface area contributed by atoms with E-state index in [1.165, 1.54) is 16.8 Å². The summed E-state index contributed by atoms with van der Waals surface area (Å²) in [6, 6.07) is 11.0. The second-order valence-electron chi connectivity index (χ2n) is 4.73. The van der Waals surface area contributed by atoms with Gasteiger partial charge in [0.15, 0.2) is 0 Å². The van der Waals surface area contributed by atoms with Crippen LogP contribution < -0.4 is 10.2 Å². The minimum absolute atomic E-state index is 0.338. The zero-order chi connectivity index (χ0) is 12.4. The average molecular weight is 242 g/mol. The SMILES string of the molecule is CC(c1ccoc1)N1CCNCc2ccccc21. The molecule has 3 heteroatoms. The summed E-state index contributed by atoms with van der Waals surface area (Å²) in [6.07, 6.45) is 3.58. The van der Waals surface area contributed by atoms with Crippen molar-refractivity contribution in [2.45, 2.75) is 19.5 Å². The molecule has 0 amide bonds. The van der Waals surface area contributed by atoms with Crippen molar-refractivity contribution >= 4 is 5.69 Å². The molecule has 0 saturated heterocycles. The van der Waals surface area contributed by atoms with Crippen LogP contribution in [0.3, 0.4) is 0 Å². The zero-order valence-electron chi connectivity index (χ0n) is 10.6. The van der Waals surface area contributed by atoms with Crippen molar-refractivity contribution in [1.29, 1.82) is 0 Å². The second kappa shape index (κ2) is 4.86. The van der Waals surface area contributed by atoms with E-state index in [0.29, 0.717) is 6.04 Å². The van der Waals surface area contributed by atoms with E-state index in [1.54, 1.807) is 6.26 Å². The lowest BCUT2D eigenvalue weighted by atomic mass is 10.1. The zero-order valence-corrected chi connectivity index (χ0v) is 10.6. The fourth-order valence-corrected chi connectivity index (χ4v) is 2.58. The Bertz CT molecular complexity index is 507. The molecule has 0 aliphatic carbocycles. The number of fused-ring (bicyclic) bond motifs is 1. The fraction of sp³-hybridized carbons (Fsp3) is 0.333. The molecule has 2 aromatic rings. The van der Waals surface area contributed by atoms with Crippen LogP contribution in [-0.4, -0.2) is 13.1 Å². The Labute approximate surface area is 107 Å². The van der Waals surface area contributed by atoms with Crippen LogP contribution in [0.2, 0.25) is 0 Å². The first-order valence-corrected chi connectivity index (χ1v) is 6.43. The smallest absolute Gasteiger partial charge is 0.0955 e. The molecule has 0 fully saturated rings. The van der Waals surface area contributed by atoms with Gasteiger partial charge >= 0.3 is 0 Å². The molecule has 3 nitrogen and oxygen atoms in total. The van der Waals surface area contributed by atoms with Crippen LogP contribution in [0.25, 0.3) is 0 Å². The largest absolute Gasteiger partial charge is 0.472 e. The molecule has 0 radical (unpaired) electrons. The Hall–Kier alpha value is -1.74. The van der Waals surface area contributed by atoms with Crippen molar-refractivity contribution in [3.63, 3.8) is 0 Å². The van der Waals surface area contributed by atoms with Gasteiger partial charge in [0.1, 0.15) is 0 Å². The Kier molecular flexibility index (Phi) is 3.07. The summed E-state index contributed by atoms with van der Waals surface area (Å²) < 4.78 is 5.20. The van der Waals surface area contributed by atoms with E-state index in [1.807, 2.05) is 12.3 Å². The number of rotatable bonds is 2. The molecular formula is C15H18N2O. The molecule has 94 valence electrons. The van der Waals surface area contributed by atoms with Gasteiger partial charge in [-0.05, 0) is 24.6 Å². The molecule has 0 saturated carbocycles. The van der Waals surface area contributed by atoms with Gasteiger partial charge in [-0.1, -0.05) is 18.2 Å². The maximum absolute atomic E-state index is 5.20. The van der Waals surface area contributed by atoms with Gasteiger partial charge in [-0.2, -0.15) is 0 Å². The lowest BCUT2D eigenvalue weighted by Gasteiger charge is -2.30. The Balaban J connectivity index is 1.96. The third-order valence-electron chi connectivity index (χ3n) is 3.64. The number of hydrogen-bond acceptors (Lipinski definition) is 3.